The lowest BCUT2D eigenvalue weighted by molar-refractivity contribution is 0.399. The van der Waals surface area contributed by atoms with Crippen LogP contribution < -0.4 is 0 Å². The Balaban J connectivity index is 0.000000461. The van der Waals surface area contributed by atoms with Crippen molar-refractivity contribution in [3.05, 3.63) is 47.6 Å². The van der Waals surface area contributed by atoms with E-state index >= 15 is 0 Å². The van der Waals surface area contributed by atoms with Crippen LogP contribution in [0.3, 0.4) is 0 Å². The molecule has 2 aliphatic rings. The van der Waals surface area contributed by atoms with E-state index in [9.17, 15) is 0 Å². The van der Waals surface area contributed by atoms with Crippen LogP contribution in [0.4, 0.5) is 0 Å². The lowest BCUT2D eigenvalue weighted by Crippen LogP contribution is -1.94. The summed E-state index contributed by atoms with van der Waals surface area (Å²) in [6.07, 6.45) is 18.2. The molecule has 0 aromatic heterocycles. The molecule has 14 heavy (non-hydrogen) atoms. The van der Waals surface area contributed by atoms with Crippen LogP contribution in [0.2, 0.25) is 0 Å². The van der Waals surface area contributed by atoms with Gasteiger partial charge in [-0.15, -0.1) is 0 Å². The molecule has 1 heteroatoms. The Hall–Kier alpha value is -1.08. The van der Waals surface area contributed by atoms with E-state index in [2.05, 4.69) is 36.5 Å². The van der Waals surface area contributed by atoms with Crippen molar-refractivity contribution in [1.29, 1.82) is 0 Å². The molecule has 0 unspecified atom stereocenters. The lowest BCUT2D eigenvalue weighted by Gasteiger charge is -2.14. The zero-order valence-corrected chi connectivity index (χ0v) is 8.79. The number of hydrogen-bond acceptors (Lipinski definition) is 0. The van der Waals surface area contributed by atoms with E-state index in [0.29, 0.717) is 0 Å². The molecule has 0 aromatic carbocycles. The second-order valence-corrected chi connectivity index (χ2v) is 3.32. The highest BCUT2D eigenvalue weighted by molar-refractivity contribution is 5.39. The van der Waals surface area contributed by atoms with Crippen molar-refractivity contribution >= 4 is 0 Å². The van der Waals surface area contributed by atoms with Gasteiger partial charge in [-0.2, -0.15) is 0 Å². The molecular formula is C13H19O+. The van der Waals surface area contributed by atoms with Gasteiger partial charge in [0.1, 0.15) is 7.11 Å². The molecule has 0 fully saturated rings. The number of rotatable bonds is 1. The third-order valence-corrected chi connectivity index (χ3v) is 2.44. The van der Waals surface area contributed by atoms with Crippen LogP contribution in [0, 0.1) is 0 Å². The second-order valence-electron chi connectivity index (χ2n) is 3.32. The molecule has 0 saturated carbocycles. The Morgan fingerprint density at radius 3 is 1.57 bits per heavy atom. The minimum Gasteiger partial charge on any atom is -0.448 e. The summed E-state index contributed by atoms with van der Waals surface area (Å²) >= 11 is 0. The van der Waals surface area contributed by atoms with Crippen LogP contribution in [0.5, 0.6) is 0 Å². The average Bonchev–Trinajstić information content (AvgIpc) is 2.34. The normalized spacial score (nSPS) is 19.3. The number of hydrogen-bond donors (Lipinski definition) is 0. The predicted molar refractivity (Wildman–Crippen MR) is 62.5 cm³/mol. The second kappa shape index (κ2) is 6.39. The van der Waals surface area contributed by atoms with Gasteiger partial charge in [0.25, 0.3) is 0 Å². The standard InChI is InChI=1S/C12H14.CH4O/c1-3-7-11(8-4-1)12-9-5-2-6-10-12;1-2/h1-3,5,7,9H,4,6,8,10H2;2H,1H3/p+1. The van der Waals surface area contributed by atoms with Crippen LogP contribution in [0.25, 0.3) is 0 Å². The monoisotopic (exact) mass is 191 g/mol. The summed E-state index contributed by atoms with van der Waals surface area (Å²) in [4.78, 5) is 0. The maximum absolute atomic E-state index is 5.75. The van der Waals surface area contributed by atoms with Crippen LogP contribution >= 0.6 is 0 Å². The molecule has 0 spiro atoms. The van der Waals surface area contributed by atoms with Gasteiger partial charge in [0.15, 0.2) is 0 Å². The highest BCUT2D eigenvalue weighted by atomic mass is 16.2. The van der Waals surface area contributed by atoms with Crippen LogP contribution in [0.1, 0.15) is 25.7 Å². The highest BCUT2D eigenvalue weighted by Crippen LogP contribution is 2.25. The van der Waals surface area contributed by atoms with Crippen LogP contribution in [0.15, 0.2) is 47.6 Å². The van der Waals surface area contributed by atoms with Crippen molar-refractivity contribution in [1.82, 2.24) is 0 Å². The van der Waals surface area contributed by atoms with E-state index in [-0.39, 0.29) is 0 Å². The molecule has 2 rings (SSSR count). The summed E-state index contributed by atoms with van der Waals surface area (Å²) in [6.45, 7) is 0. The highest BCUT2D eigenvalue weighted by Gasteiger charge is 2.06. The molecule has 2 aliphatic carbocycles. The molecule has 76 valence electrons. The van der Waals surface area contributed by atoms with Crippen molar-refractivity contribution in [2.45, 2.75) is 25.7 Å². The van der Waals surface area contributed by atoms with Gasteiger partial charge in [-0.05, 0) is 36.8 Å². The Kier molecular flexibility index (Phi) is 5.02. The maximum atomic E-state index is 5.75. The van der Waals surface area contributed by atoms with Crippen molar-refractivity contribution in [2.75, 3.05) is 7.11 Å². The number of allylic oxidation sites excluding steroid dienone is 8. The molecule has 0 atom stereocenters. The average molecular weight is 191 g/mol. The Morgan fingerprint density at radius 2 is 1.29 bits per heavy atom. The zero-order valence-electron chi connectivity index (χ0n) is 8.79. The van der Waals surface area contributed by atoms with Crippen LogP contribution in [-0.4, -0.2) is 12.2 Å². The van der Waals surface area contributed by atoms with Gasteiger partial charge in [-0.1, -0.05) is 36.5 Å². The molecule has 0 radical (unpaired) electrons. The fraction of sp³-hybridized carbons (Fsp3) is 0.385. The van der Waals surface area contributed by atoms with Crippen molar-refractivity contribution in [3.63, 3.8) is 0 Å². The minimum atomic E-state index is 1.22. The van der Waals surface area contributed by atoms with Gasteiger partial charge in [0.2, 0.25) is 0 Å². The minimum absolute atomic E-state index is 1.22. The molecule has 2 N–H and O–H groups in total. The van der Waals surface area contributed by atoms with E-state index in [1.807, 2.05) is 0 Å². The lowest BCUT2D eigenvalue weighted by atomic mass is 9.92. The third-order valence-electron chi connectivity index (χ3n) is 2.44. The Labute approximate surface area is 86.1 Å². The molecule has 1 nitrogen and oxygen atoms in total. The van der Waals surface area contributed by atoms with Gasteiger partial charge in [0, 0.05) is 0 Å². The van der Waals surface area contributed by atoms with Crippen molar-refractivity contribution in [2.24, 2.45) is 0 Å². The van der Waals surface area contributed by atoms with Gasteiger partial charge < -0.3 is 5.11 Å². The summed E-state index contributed by atoms with van der Waals surface area (Å²) in [5.74, 6) is 0. The molecular weight excluding hydrogens is 172 g/mol. The summed E-state index contributed by atoms with van der Waals surface area (Å²) in [7, 11) is 1.25. The first-order chi connectivity index (χ1) is 6.97. The van der Waals surface area contributed by atoms with E-state index in [1.165, 1.54) is 32.8 Å². The first-order valence-corrected chi connectivity index (χ1v) is 5.18. The molecule has 0 aliphatic heterocycles. The molecule has 0 bridgehead atoms. The fourth-order valence-electron chi connectivity index (χ4n) is 1.74. The zero-order chi connectivity index (χ0) is 10.2. The van der Waals surface area contributed by atoms with Gasteiger partial charge in [0.05, 0.1) is 0 Å². The topological polar surface area (TPSA) is 22.9 Å². The van der Waals surface area contributed by atoms with E-state index < -0.39 is 0 Å². The summed E-state index contributed by atoms with van der Waals surface area (Å²) in [5, 5.41) is 5.75. The molecule has 0 heterocycles. The quantitative estimate of drug-likeness (QED) is 0.569. The summed E-state index contributed by atoms with van der Waals surface area (Å²) in [5.41, 5.74) is 3.09. The SMILES string of the molecule is C1=CCCC(C2=CC=CCC2)=C1.C[OH2+]. The maximum Gasteiger partial charge on any atom is 0.133 e. The smallest absolute Gasteiger partial charge is 0.133 e. The van der Waals surface area contributed by atoms with E-state index in [4.69, 9.17) is 5.11 Å². The largest absolute Gasteiger partial charge is 0.448 e. The summed E-state index contributed by atoms with van der Waals surface area (Å²) < 4.78 is 0. The van der Waals surface area contributed by atoms with Crippen molar-refractivity contribution in [3.8, 4) is 0 Å². The first-order valence-electron chi connectivity index (χ1n) is 5.18. The third kappa shape index (κ3) is 3.00. The van der Waals surface area contributed by atoms with Gasteiger partial charge >= 0.3 is 0 Å². The predicted octanol–water partition coefficient (Wildman–Crippen LogP) is 2.88. The van der Waals surface area contributed by atoms with Gasteiger partial charge in [-0.3, -0.25) is 0 Å². The Morgan fingerprint density at radius 1 is 0.857 bits per heavy atom. The van der Waals surface area contributed by atoms with E-state index in [0.717, 1.165) is 0 Å². The fourth-order valence-corrected chi connectivity index (χ4v) is 1.74. The Bertz CT molecular complexity index is 250. The summed E-state index contributed by atoms with van der Waals surface area (Å²) in [6, 6.07) is 0. The molecule has 0 aromatic rings. The first kappa shape index (κ1) is 11.0. The van der Waals surface area contributed by atoms with E-state index in [1.54, 1.807) is 11.1 Å². The van der Waals surface area contributed by atoms with Gasteiger partial charge in [-0.25, -0.2) is 0 Å². The molecule has 0 amide bonds. The molecule has 0 saturated heterocycles. The van der Waals surface area contributed by atoms with Crippen LogP contribution in [-0.2, 0) is 0 Å². The van der Waals surface area contributed by atoms with Crippen molar-refractivity contribution < 1.29 is 5.11 Å².